The van der Waals surface area contributed by atoms with Crippen molar-refractivity contribution in [3.8, 4) is 17.1 Å². The largest absolute Gasteiger partial charge is 0.345 e. The number of aromatic amines is 1. The Labute approximate surface area is 91.8 Å². The molecule has 5 nitrogen and oxygen atoms in total. The number of aromatic nitrogens is 5. The van der Waals surface area contributed by atoms with Crippen LogP contribution in [0.25, 0.3) is 17.1 Å². The Morgan fingerprint density at radius 3 is 2.94 bits per heavy atom. The average Bonchev–Trinajstić information content (AvgIpc) is 3.03. The van der Waals surface area contributed by atoms with Crippen LogP contribution in [0.15, 0.2) is 49.6 Å². The van der Waals surface area contributed by atoms with E-state index in [1.165, 1.54) is 0 Å². The Kier molecular flexibility index (Phi) is 2.00. The van der Waals surface area contributed by atoms with E-state index in [0.717, 1.165) is 17.1 Å². The Balaban J connectivity index is 2.19. The van der Waals surface area contributed by atoms with Gasteiger partial charge in [0.15, 0.2) is 0 Å². The van der Waals surface area contributed by atoms with E-state index in [9.17, 15) is 0 Å². The standard InChI is InChI=1S/C11H9N5/c1-2-9(10-6-13-7-15-10)11(14-3-1)16-5-4-12-8-16/h1-8H,(H,13,15). The second-order valence-corrected chi connectivity index (χ2v) is 3.31. The van der Waals surface area contributed by atoms with Crippen molar-refractivity contribution in [3.05, 3.63) is 49.6 Å². The first kappa shape index (κ1) is 8.84. The van der Waals surface area contributed by atoms with E-state index in [1.54, 1.807) is 31.2 Å². The normalized spacial score (nSPS) is 10.5. The van der Waals surface area contributed by atoms with Crippen molar-refractivity contribution in [2.24, 2.45) is 0 Å². The van der Waals surface area contributed by atoms with Crippen molar-refractivity contribution in [1.29, 1.82) is 0 Å². The molecule has 0 saturated carbocycles. The molecule has 16 heavy (non-hydrogen) atoms. The van der Waals surface area contributed by atoms with E-state index in [-0.39, 0.29) is 0 Å². The fourth-order valence-corrected chi connectivity index (χ4v) is 1.60. The maximum atomic E-state index is 4.35. The maximum absolute atomic E-state index is 4.35. The van der Waals surface area contributed by atoms with Crippen LogP contribution in [-0.2, 0) is 0 Å². The summed E-state index contributed by atoms with van der Waals surface area (Å²) in [5, 5.41) is 0. The van der Waals surface area contributed by atoms with Crippen LogP contribution >= 0.6 is 0 Å². The second-order valence-electron chi connectivity index (χ2n) is 3.31. The number of nitrogens with one attached hydrogen (secondary N) is 1. The van der Waals surface area contributed by atoms with E-state index < -0.39 is 0 Å². The lowest BCUT2D eigenvalue weighted by Crippen LogP contribution is -1.97. The summed E-state index contributed by atoms with van der Waals surface area (Å²) in [7, 11) is 0. The van der Waals surface area contributed by atoms with Crippen LogP contribution in [0.2, 0.25) is 0 Å². The van der Waals surface area contributed by atoms with Gasteiger partial charge in [-0.15, -0.1) is 0 Å². The van der Waals surface area contributed by atoms with Crippen molar-refractivity contribution in [2.45, 2.75) is 0 Å². The molecule has 3 aromatic rings. The molecule has 0 unspecified atom stereocenters. The van der Waals surface area contributed by atoms with Gasteiger partial charge in [-0.05, 0) is 12.1 Å². The molecule has 0 amide bonds. The minimum atomic E-state index is 0.837. The highest BCUT2D eigenvalue weighted by molar-refractivity contribution is 5.66. The zero-order chi connectivity index (χ0) is 10.8. The van der Waals surface area contributed by atoms with Crippen LogP contribution in [0.5, 0.6) is 0 Å². The highest BCUT2D eigenvalue weighted by Gasteiger charge is 2.07. The Morgan fingerprint density at radius 1 is 1.19 bits per heavy atom. The number of rotatable bonds is 2. The molecule has 0 aliphatic heterocycles. The monoisotopic (exact) mass is 211 g/mol. The third-order valence-electron chi connectivity index (χ3n) is 2.32. The van der Waals surface area contributed by atoms with E-state index in [0.29, 0.717) is 0 Å². The number of pyridine rings is 1. The minimum absolute atomic E-state index is 0.837. The summed E-state index contributed by atoms with van der Waals surface area (Å²) in [6, 6.07) is 3.90. The van der Waals surface area contributed by atoms with E-state index >= 15 is 0 Å². The summed E-state index contributed by atoms with van der Waals surface area (Å²) in [6.45, 7) is 0. The number of nitrogens with zero attached hydrogens (tertiary/aromatic N) is 4. The van der Waals surface area contributed by atoms with Crippen LogP contribution in [0.4, 0.5) is 0 Å². The summed E-state index contributed by atoms with van der Waals surface area (Å²) in [5.74, 6) is 0.837. The molecule has 3 aromatic heterocycles. The predicted octanol–water partition coefficient (Wildman–Crippen LogP) is 1.66. The molecule has 0 aromatic carbocycles. The molecule has 0 bridgehead atoms. The molecule has 0 aliphatic carbocycles. The lowest BCUT2D eigenvalue weighted by Gasteiger charge is -2.06. The number of hydrogen-bond donors (Lipinski definition) is 1. The van der Waals surface area contributed by atoms with Gasteiger partial charge >= 0.3 is 0 Å². The van der Waals surface area contributed by atoms with E-state index in [4.69, 9.17) is 0 Å². The SMILES string of the molecule is c1cnc(-n2ccnc2)c(-c2cnc[nH]2)c1. The molecular weight excluding hydrogens is 202 g/mol. The molecule has 0 spiro atoms. The van der Waals surface area contributed by atoms with Gasteiger partial charge in [-0.2, -0.15) is 0 Å². The second kappa shape index (κ2) is 3.62. The van der Waals surface area contributed by atoms with Crippen LogP contribution < -0.4 is 0 Å². The highest BCUT2D eigenvalue weighted by Crippen LogP contribution is 2.21. The number of imidazole rings is 2. The van der Waals surface area contributed by atoms with Gasteiger partial charge in [0, 0.05) is 24.2 Å². The molecule has 1 N–H and O–H groups in total. The van der Waals surface area contributed by atoms with Gasteiger partial charge in [-0.25, -0.2) is 15.0 Å². The van der Waals surface area contributed by atoms with Gasteiger partial charge in [0.1, 0.15) is 12.1 Å². The van der Waals surface area contributed by atoms with Crippen molar-refractivity contribution >= 4 is 0 Å². The zero-order valence-corrected chi connectivity index (χ0v) is 8.41. The molecule has 5 heteroatoms. The fourth-order valence-electron chi connectivity index (χ4n) is 1.60. The first-order chi connectivity index (χ1) is 7.95. The molecule has 0 radical (unpaired) electrons. The smallest absolute Gasteiger partial charge is 0.147 e. The molecular formula is C11H9N5. The maximum Gasteiger partial charge on any atom is 0.147 e. The summed E-state index contributed by atoms with van der Waals surface area (Å²) in [5.41, 5.74) is 1.94. The molecule has 0 atom stereocenters. The van der Waals surface area contributed by atoms with Crippen molar-refractivity contribution in [2.75, 3.05) is 0 Å². The van der Waals surface area contributed by atoms with E-state index in [1.807, 2.05) is 22.9 Å². The van der Waals surface area contributed by atoms with Gasteiger partial charge in [-0.1, -0.05) is 0 Å². The fraction of sp³-hybridized carbons (Fsp3) is 0. The van der Waals surface area contributed by atoms with Crippen molar-refractivity contribution < 1.29 is 0 Å². The van der Waals surface area contributed by atoms with Crippen LogP contribution in [0, 0.1) is 0 Å². The molecule has 0 aliphatic rings. The zero-order valence-electron chi connectivity index (χ0n) is 8.41. The molecule has 3 rings (SSSR count). The molecule has 78 valence electrons. The Hall–Kier alpha value is -2.43. The van der Waals surface area contributed by atoms with Gasteiger partial charge in [0.25, 0.3) is 0 Å². The van der Waals surface area contributed by atoms with Crippen LogP contribution in [0.1, 0.15) is 0 Å². The van der Waals surface area contributed by atoms with Gasteiger partial charge in [-0.3, -0.25) is 4.57 Å². The van der Waals surface area contributed by atoms with E-state index in [2.05, 4.69) is 19.9 Å². The van der Waals surface area contributed by atoms with Gasteiger partial charge in [0.05, 0.1) is 18.2 Å². The Morgan fingerprint density at radius 2 is 2.19 bits per heavy atom. The number of H-pyrrole nitrogens is 1. The highest BCUT2D eigenvalue weighted by atomic mass is 15.1. The molecule has 3 heterocycles. The molecule has 0 saturated heterocycles. The van der Waals surface area contributed by atoms with Crippen molar-refractivity contribution in [1.82, 2.24) is 24.5 Å². The lowest BCUT2D eigenvalue weighted by molar-refractivity contribution is 0.994. The predicted molar refractivity (Wildman–Crippen MR) is 58.9 cm³/mol. The minimum Gasteiger partial charge on any atom is -0.345 e. The third-order valence-corrected chi connectivity index (χ3v) is 2.32. The topological polar surface area (TPSA) is 59.4 Å². The first-order valence-electron chi connectivity index (χ1n) is 4.87. The summed E-state index contributed by atoms with van der Waals surface area (Å²) < 4.78 is 1.87. The van der Waals surface area contributed by atoms with Crippen LogP contribution in [-0.4, -0.2) is 24.5 Å². The summed E-state index contributed by atoms with van der Waals surface area (Å²) in [4.78, 5) is 15.5. The summed E-state index contributed by atoms with van der Waals surface area (Å²) >= 11 is 0. The van der Waals surface area contributed by atoms with Gasteiger partial charge in [0.2, 0.25) is 0 Å². The summed E-state index contributed by atoms with van der Waals surface area (Å²) in [6.07, 6.45) is 10.5. The first-order valence-corrected chi connectivity index (χ1v) is 4.87. The molecule has 0 fully saturated rings. The Bertz CT molecular complexity index is 515. The average molecular weight is 211 g/mol. The van der Waals surface area contributed by atoms with Crippen molar-refractivity contribution in [3.63, 3.8) is 0 Å². The van der Waals surface area contributed by atoms with Gasteiger partial charge < -0.3 is 4.98 Å². The third kappa shape index (κ3) is 1.38. The van der Waals surface area contributed by atoms with Crippen LogP contribution in [0.3, 0.4) is 0 Å². The quantitative estimate of drug-likeness (QED) is 0.701. The lowest BCUT2D eigenvalue weighted by atomic mass is 10.2. The number of hydrogen-bond acceptors (Lipinski definition) is 3.